The zero-order valence-electron chi connectivity index (χ0n) is 19.3. The second kappa shape index (κ2) is 9.69. The maximum atomic E-state index is 13.4. The molecule has 1 heterocycles. The molecule has 0 aliphatic carbocycles. The molecule has 0 radical (unpaired) electrons. The second-order valence-electron chi connectivity index (χ2n) is 8.32. The molecule has 1 amide bonds. The summed E-state index contributed by atoms with van der Waals surface area (Å²) >= 11 is 0. The second-order valence-corrected chi connectivity index (χ2v) is 8.32. The van der Waals surface area contributed by atoms with Gasteiger partial charge in [-0.25, -0.2) is 0 Å². The van der Waals surface area contributed by atoms with Gasteiger partial charge in [-0.1, -0.05) is 66.7 Å². The maximum absolute atomic E-state index is 13.4. The van der Waals surface area contributed by atoms with Crippen molar-refractivity contribution in [2.45, 2.75) is 13.5 Å². The van der Waals surface area contributed by atoms with Crippen molar-refractivity contribution in [1.29, 1.82) is 0 Å². The van der Waals surface area contributed by atoms with Crippen LogP contribution in [0.3, 0.4) is 0 Å². The number of anilines is 1. The van der Waals surface area contributed by atoms with Crippen LogP contribution in [0.4, 0.5) is 5.69 Å². The summed E-state index contributed by atoms with van der Waals surface area (Å²) in [4.78, 5) is 26.2. The minimum absolute atomic E-state index is 0.144. The van der Waals surface area contributed by atoms with Gasteiger partial charge in [0.1, 0.15) is 12.4 Å². The van der Waals surface area contributed by atoms with Crippen LogP contribution in [-0.4, -0.2) is 16.4 Å². The highest BCUT2D eigenvalue weighted by molar-refractivity contribution is 6.08. The van der Waals surface area contributed by atoms with Crippen LogP contribution in [0.15, 0.2) is 109 Å². The Kier molecular flexibility index (Phi) is 6.14. The Morgan fingerprint density at radius 1 is 0.800 bits per heavy atom. The van der Waals surface area contributed by atoms with E-state index in [-0.39, 0.29) is 11.8 Å². The van der Waals surface area contributed by atoms with Crippen LogP contribution in [0.2, 0.25) is 0 Å². The topological polar surface area (TPSA) is 60.3 Å². The van der Waals surface area contributed by atoms with E-state index in [1.165, 1.54) is 0 Å². The van der Waals surface area contributed by atoms with Gasteiger partial charge >= 0.3 is 0 Å². The standard InChI is InChI=1S/C30H24N2O3/c1-21-19-32(30(34)24-15-9-4-10-16-24)28-26(21)17-25(31-29(33)23-13-7-3-8-14-23)18-27(28)35-20-22-11-5-2-6-12-22/h2-19H,20H2,1H3,(H,31,33). The fourth-order valence-corrected chi connectivity index (χ4v) is 4.07. The number of aromatic nitrogens is 1. The predicted octanol–water partition coefficient (Wildman–Crippen LogP) is 6.47. The summed E-state index contributed by atoms with van der Waals surface area (Å²) in [5.41, 5.74) is 4.33. The number of hydrogen-bond donors (Lipinski definition) is 1. The number of nitrogens with zero attached hydrogens (tertiary/aromatic N) is 1. The SMILES string of the molecule is Cc1cn(C(=O)c2ccccc2)c2c(OCc3ccccc3)cc(NC(=O)c3ccccc3)cc12. The Hall–Kier alpha value is -4.64. The highest BCUT2D eigenvalue weighted by Gasteiger charge is 2.19. The summed E-state index contributed by atoms with van der Waals surface area (Å²) in [6, 6.07) is 31.7. The molecule has 0 saturated heterocycles. The molecule has 5 heteroatoms. The Morgan fingerprint density at radius 3 is 2.06 bits per heavy atom. The number of nitrogens with one attached hydrogen (secondary N) is 1. The van der Waals surface area contributed by atoms with Crippen LogP contribution >= 0.6 is 0 Å². The van der Waals surface area contributed by atoms with E-state index in [1.807, 2.05) is 85.9 Å². The van der Waals surface area contributed by atoms with Crippen LogP contribution in [0, 0.1) is 6.92 Å². The number of benzene rings is 4. The molecule has 172 valence electrons. The monoisotopic (exact) mass is 460 g/mol. The van der Waals surface area contributed by atoms with E-state index < -0.39 is 0 Å². The van der Waals surface area contributed by atoms with Gasteiger partial charge in [-0.05, 0) is 48.4 Å². The Bertz CT molecular complexity index is 1490. The molecular weight excluding hydrogens is 436 g/mol. The van der Waals surface area contributed by atoms with Gasteiger partial charge in [0.05, 0.1) is 5.52 Å². The summed E-state index contributed by atoms with van der Waals surface area (Å²) in [5, 5.41) is 3.81. The Morgan fingerprint density at radius 2 is 1.40 bits per heavy atom. The van der Waals surface area contributed by atoms with Crippen molar-refractivity contribution in [3.05, 3.63) is 132 Å². The van der Waals surface area contributed by atoms with Gasteiger partial charge in [0.2, 0.25) is 0 Å². The minimum atomic E-state index is -0.212. The van der Waals surface area contributed by atoms with Crippen LogP contribution < -0.4 is 10.1 Å². The molecule has 0 fully saturated rings. The average Bonchev–Trinajstić information content (AvgIpc) is 3.24. The summed E-state index contributed by atoms with van der Waals surface area (Å²) in [5.74, 6) is 0.165. The van der Waals surface area contributed by atoms with E-state index in [4.69, 9.17) is 4.74 Å². The normalized spacial score (nSPS) is 10.8. The summed E-state index contributed by atoms with van der Waals surface area (Å²) in [7, 11) is 0. The number of fused-ring (bicyclic) bond motifs is 1. The lowest BCUT2D eigenvalue weighted by Gasteiger charge is -2.14. The molecule has 0 spiro atoms. The summed E-state index contributed by atoms with van der Waals surface area (Å²) in [6.07, 6.45) is 1.82. The van der Waals surface area contributed by atoms with Gasteiger partial charge in [0.25, 0.3) is 11.8 Å². The van der Waals surface area contributed by atoms with Crippen molar-refractivity contribution >= 4 is 28.4 Å². The van der Waals surface area contributed by atoms with E-state index in [0.717, 1.165) is 16.5 Å². The third-order valence-electron chi connectivity index (χ3n) is 5.83. The molecule has 5 nitrogen and oxygen atoms in total. The fraction of sp³-hybridized carbons (Fsp3) is 0.0667. The lowest BCUT2D eigenvalue weighted by Crippen LogP contribution is -2.13. The molecule has 0 saturated carbocycles. The van der Waals surface area contributed by atoms with E-state index in [1.54, 1.807) is 34.9 Å². The zero-order valence-corrected chi connectivity index (χ0v) is 19.3. The predicted molar refractivity (Wildman–Crippen MR) is 138 cm³/mol. The highest BCUT2D eigenvalue weighted by Crippen LogP contribution is 2.35. The molecule has 1 N–H and O–H groups in total. The summed E-state index contributed by atoms with van der Waals surface area (Å²) < 4.78 is 7.88. The van der Waals surface area contributed by atoms with Gasteiger partial charge in [0, 0.05) is 34.5 Å². The summed E-state index contributed by atoms with van der Waals surface area (Å²) in [6.45, 7) is 2.27. The number of rotatable bonds is 6. The molecule has 0 atom stereocenters. The third kappa shape index (κ3) is 4.70. The molecule has 4 aromatic carbocycles. The van der Waals surface area contributed by atoms with Crippen molar-refractivity contribution in [2.75, 3.05) is 5.32 Å². The van der Waals surface area contributed by atoms with Crippen molar-refractivity contribution in [3.8, 4) is 5.75 Å². The first kappa shape index (κ1) is 22.2. The molecule has 0 aliphatic rings. The molecule has 0 unspecified atom stereocenters. The first-order valence-electron chi connectivity index (χ1n) is 11.4. The number of hydrogen-bond acceptors (Lipinski definition) is 3. The average molecular weight is 461 g/mol. The quantitative estimate of drug-likeness (QED) is 0.316. The largest absolute Gasteiger partial charge is 0.487 e. The van der Waals surface area contributed by atoms with E-state index >= 15 is 0 Å². The lowest BCUT2D eigenvalue weighted by molar-refractivity contribution is 0.0963. The van der Waals surface area contributed by atoms with Gasteiger partial charge in [-0.15, -0.1) is 0 Å². The van der Waals surface area contributed by atoms with Crippen LogP contribution in [0.1, 0.15) is 31.8 Å². The number of carbonyl (C=O) groups is 2. The number of aryl methyl sites for hydroxylation is 1. The van der Waals surface area contributed by atoms with Crippen molar-refractivity contribution in [3.63, 3.8) is 0 Å². The van der Waals surface area contributed by atoms with Crippen molar-refractivity contribution in [2.24, 2.45) is 0 Å². The first-order chi connectivity index (χ1) is 17.1. The maximum Gasteiger partial charge on any atom is 0.262 e. The fourth-order valence-electron chi connectivity index (χ4n) is 4.07. The van der Waals surface area contributed by atoms with E-state index in [9.17, 15) is 9.59 Å². The molecule has 5 rings (SSSR count). The van der Waals surface area contributed by atoms with Gasteiger partial charge < -0.3 is 10.1 Å². The Labute approximate surface area is 203 Å². The first-order valence-corrected chi connectivity index (χ1v) is 11.4. The number of amides is 1. The molecule has 0 bridgehead atoms. The number of carbonyl (C=O) groups excluding carboxylic acids is 2. The van der Waals surface area contributed by atoms with Crippen LogP contribution in [0.25, 0.3) is 10.9 Å². The molecule has 5 aromatic rings. The molecule has 1 aromatic heterocycles. The van der Waals surface area contributed by atoms with Crippen LogP contribution in [-0.2, 0) is 6.61 Å². The van der Waals surface area contributed by atoms with Crippen molar-refractivity contribution in [1.82, 2.24) is 4.57 Å². The highest BCUT2D eigenvalue weighted by atomic mass is 16.5. The van der Waals surface area contributed by atoms with Gasteiger partial charge in [-0.2, -0.15) is 0 Å². The van der Waals surface area contributed by atoms with Gasteiger partial charge in [0.15, 0.2) is 0 Å². The Balaban J connectivity index is 1.58. The van der Waals surface area contributed by atoms with E-state index in [2.05, 4.69) is 5.32 Å². The van der Waals surface area contributed by atoms with Crippen molar-refractivity contribution < 1.29 is 14.3 Å². The lowest BCUT2D eigenvalue weighted by atomic mass is 10.1. The van der Waals surface area contributed by atoms with Gasteiger partial charge in [-0.3, -0.25) is 14.2 Å². The third-order valence-corrected chi connectivity index (χ3v) is 5.83. The molecular formula is C30H24N2O3. The van der Waals surface area contributed by atoms with Crippen LogP contribution in [0.5, 0.6) is 5.75 Å². The minimum Gasteiger partial charge on any atom is -0.487 e. The number of ether oxygens (including phenoxy) is 1. The molecule has 0 aliphatic heterocycles. The molecule has 35 heavy (non-hydrogen) atoms. The van der Waals surface area contributed by atoms with E-state index in [0.29, 0.717) is 34.7 Å². The smallest absolute Gasteiger partial charge is 0.262 e. The zero-order chi connectivity index (χ0) is 24.2.